The lowest BCUT2D eigenvalue weighted by molar-refractivity contribution is 0.0692. The van der Waals surface area contributed by atoms with E-state index in [1.54, 1.807) is 18.3 Å². The van der Waals surface area contributed by atoms with Crippen molar-refractivity contribution < 1.29 is 9.90 Å². The summed E-state index contributed by atoms with van der Waals surface area (Å²) < 4.78 is 0.514. The van der Waals surface area contributed by atoms with Crippen molar-refractivity contribution in [3.8, 4) is 0 Å². The van der Waals surface area contributed by atoms with Crippen molar-refractivity contribution in [2.45, 2.75) is 0 Å². The fourth-order valence-corrected chi connectivity index (χ4v) is 1.60. The van der Waals surface area contributed by atoms with Gasteiger partial charge in [-0.2, -0.15) is 0 Å². The number of aromatic nitrogens is 2. The van der Waals surface area contributed by atoms with Crippen LogP contribution in [0.25, 0.3) is 10.9 Å². The minimum atomic E-state index is -1.02. The van der Waals surface area contributed by atoms with E-state index in [-0.39, 0.29) is 5.69 Å². The number of carboxylic acids is 1. The summed E-state index contributed by atoms with van der Waals surface area (Å²) >= 11 is 3.14. The van der Waals surface area contributed by atoms with Crippen LogP contribution in [0.3, 0.4) is 0 Å². The van der Waals surface area contributed by atoms with Gasteiger partial charge in [0.15, 0.2) is 5.69 Å². The van der Waals surface area contributed by atoms with Gasteiger partial charge in [0.2, 0.25) is 0 Å². The average molecular weight is 241 g/mol. The van der Waals surface area contributed by atoms with Crippen LogP contribution in [0, 0.1) is 0 Å². The topological polar surface area (TPSA) is 66.0 Å². The molecule has 0 amide bonds. The molecular weight excluding hydrogens is 236 g/mol. The van der Waals surface area contributed by atoms with E-state index in [4.69, 9.17) is 5.11 Å². The highest BCUT2D eigenvalue weighted by Crippen LogP contribution is 2.19. The molecule has 5 heteroatoms. The zero-order valence-corrected chi connectivity index (χ0v) is 8.00. The second-order valence-electron chi connectivity index (χ2n) is 2.54. The molecule has 0 atom stereocenters. The molecule has 2 aromatic rings. The molecule has 0 aliphatic carbocycles. The van der Waals surface area contributed by atoms with Gasteiger partial charge in [-0.3, -0.25) is 0 Å². The maximum atomic E-state index is 10.8. The fourth-order valence-electron chi connectivity index (χ4n) is 1.19. The van der Waals surface area contributed by atoms with E-state index in [9.17, 15) is 4.79 Å². The Labute approximate surface area is 81.7 Å². The number of carbonyl (C=O) groups is 1. The molecule has 0 spiro atoms. The third-order valence-electron chi connectivity index (χ3n) is 1.72. The van der Waals surface area contributed by atoms with Crippen LogP contribution in [-0.4, -0.2) is 21.0 Å². The number of hydrogen-bond donors (Lipinski definition) is 2. The Bertz CT molecular complexity index is 478. The van der Waals surface area contributed by atoms with Gasteiger partial charge in [-0.05, 0) is 28.1 Å². The molecule has 2 N–H and O–H groups in total. The standard InChI is InChI=1S/C8H5BrN2O2/c9-6-3-5-4(1-2-10-5)7(11-6)8(12)13/h1-3,10H,(H,12,13). The zero-order chi connectivity index (χ0) is 9.42. The van der Waals surface area contributed by atoms with E-state index in [0.29, 0.717) is 9.99 Å². The van der Waals surface area contributed by atoms with E-state index >= 15 is 0 Å². The zero-order valence-electron chi connectivity index (χ0n) is 6.41. The van der Waals surface area contributed by atoms with Crippen molar-refractivity contribution in [2.75, 3.05) is 0 Å². The number of pyridine rings is 1. The number of nitrogens with zero attached hydrogens (tertiary/aromatic N) is 1. The second kappa shape index (κ2) is 2.85. The highest BCUT2D eigenvalue weighted by molar-refractivity contribution is 9.10. The first-order valence-electron chi connectivity index (χ1n) is 3.55. The molecule has 0 radical (unpaired) electrons. The van der Waals surface area contributed by atoms with E-state index in [0.717, 1.165) is 5.52 Å². The minimum absolute atomic E-state index is 0.0608. The van der Waals surface area contributed by atoms with Gasteiger partial charge in [0.25, 0.3) is 0 Å². The minimum Gasteiger partial charge on any atom is -0.476 e. The first-order valence-corrected chi connectivity index (χ1v) is 4.34. The molecule has 2 aromatic heterocycles. The Hall–Kier alpha value is -1.36. The van der Waals surface area contributed by atoms with E-state index in [1.165, 1.54) is 0 Å². The third-order valence-corrected chi connectivity index (χ3v) is 2.12. The Morgan fingerprint density at radius 2 is 2.38 bits per heavy atom. The predicted molar refractivity (Wildman–Crippen MR) is 50.8 cm³/mol. The molecule has 0 aliphatic rings. The highest BCUT2D eigenvalue weighted by atomic mass is 79.9. The summed E-state index contributed by atoms with van der Waals surface area (Å²) in [6.07, 6.45) is 1.69. The summed E-state index contributed by atoms with van der Waals surface area (Å²) in [5.41, 5.74) is 0.824. The first-order chi connectivity index (χ1) is 6.18. The molecule has 0 unspecified atom stereocenters. The summed E-state index contributed by atoms with van der Waals surface area (Å²) in [6, 6.07) is 3.43. The van der Waals surface area contributed by atoms with E-state index in [2.05, 4.69) is 25.9 Å². The fraction of sp³-hybridized carbons (Fsp3) is 0. The van der Waals surface area contributed by atoms with Gasteiger partial charge in [0.1, 0.15) is 4.60 Å². The van der Waals surface area contributed by atoms with Gasteiger partial charge < -0.3 is 10.1 Å². The van der Waals surface area contributed by atoms with Crippen LogP contribution >= 0.6 is 15.9 Å². The molecule has 0 fully saturated rings. The SMILES string of the molecule is O=C(O)c1nc(Br)cc2[nH]ccc12. The number of rotatable bonds is 1. The average Bonchev–Trinajstić information content (AvgIpc) is 2.49. The quantitative estimate of drug-likeness (QED) is 0.750. The summed E-state index contributed by atoms with van der Waals surface area (Å²) in [7, 11) is 0. The summed E-state index contributed by atoms with van der Waals surface area (Å²) in [5, 5.41) is 9.45. The van der Waals surface area contributed by atoms with Crippen molar-refractivity contribution in [3.05, 3.63) is 28.6 Å². The van der Waals surface area contributed by atoms with Crippen molar-refractivity contribution in [1.82, 2.24) is 9.97 Å². The van der Waals surface area contributed by atoms with E-state index in [1.807, 2.05) is 0 Å². The van der Waals surface area contributed by atoms with Crippen molar-refractivity contribution in [1.29, 1.82) is 0 Å². The summed E-state index contributed by atoms with van der Waals surface area (Å²) in [5.74, 6) is -1.02. The molecule has 0 aliphatic heterocycles. The van der Waals surface area contributed by atoms with Crippen LogP contribution in [0.2, 0.25) is 0 Å². The highest BCUT2D eigenvalue weighted by Gasteiger charge is 2.11. The molecule has 13 heavy (non-hydrogen) atoms. The van der Waals surface area contributed by atoms with Crippen LogP contribution in [0.1, 0.15) is 10.5 Å². The maximum Gasteiger partial charge on any atom is 0.355 e. The number of aromatic amines is 1. The lowest BCUT2D eigenvalue weighted by atomic mass is 10.2. The Balaban J connectivity index is 2.84. The van der Waals surface area contributed by atoms with Crippen molar-refractivity contribution in [2.24, 2.45) is 0 Å². The molecule has 2 heterocycles. The summed E-state index contributed by atoms with van der Waals surface area (Å²) in [4.78, 5) is 17.6. The monoisotopic (exact) mass is 240 g/mol. The molecule has 2 rings (SSSR count). The number of nitrogens with one attached hydrogen (secondary N) is 1. The van der Waals surface area contributed by atoms with Crippen LogP contribution in [0.15, 0.2) is 22.9 Å². The number of H-pyrrole nitrogens is 1. The van der Waals surface area contributed by atoms with Crippen molar-refractivity contribution in [3.63, 3.8) is 0 Å². The Morgan fingerprint density at radius 1 is 1.62 bits per heavy atom. The van der Waals surface area contributed by atoms with Crippen LogP contribution in [0.5, 0.6) is 0 Å². The Kier molecular flexibility index (Phi) is 1.81. The van der Waals surface area contributed by atoms with Crippen LogP contribution in [-0.2, 0) is 0 Å². The predicted octanol–water partition coefficient (Wildman–Crippen LogP) is 2.02. The van der Waals surface area contributed by atoms with Crippen molar-refractivity contribution >= 4 is 32.8 Å². The van der Waals surface area contributed by atoms with E-state index < -0.39 is 5.97 Å². The smallest absolute Gasteiger partial charge is 0.355 e. The van der Waals surface area contributed by atoms with Gasteiger partial charge >= 0.3 is 5.97 Å². The van der Waals surface area contributed by atoms with Gasteiger partial charge in [-0.15, -0.1) is 0 Å². The molecule has 0 saturated carbocycles. The molecule has 0 bridgehead atoms. The first kappa shape index (κ1) is 8.25. The number of hydrogen-bond acceptors (Lipinski definition) is 2. The molecule has 66 valence electrons. The Morgan fingerprint density at radius 3 is 3.08 bits per heavy atom. The van der Waals surface area contributed by atoms with Gasteiger partial charge in [0, 0.05) is 11.6 Å². The van der Waals surface area contributed by atoms with Gasteiger partial charge in [-0.25, -0.2) is 9.78 Å². The number of aromatic carboxylic acids is 1. The van der Waals surface area contributed by atoms with Gasteiger partial charge in [-0.1, -0.05) is 0 Å². The van der Waals surface area contributed by atoms with Crippen LogP contribution in [0.4, 0.5) is 0 Å². The lowest BCUT2D eigenvalue weighted by Gasteiger charge is -1.97. The number of halogens is 1. The second-order valence-corrected chi connectivity index (χ2v) is 3.35. The maximum absolute atomic E-state index is 10.8. The number of carboxylic acid groups (broad SMARTS) is 1. The lowest BCUT2D eigenvalue weighted by Crippen LogP contribution is -2.00. The molecule has 0 aromatic carbocycles. The summed E-state index contributed by atoms with van der Waals surface area (Å²) in [6.45, 7) is 0. The number of fused-ring (bicyclic) bond motifs is 1. The van der Waals surface area contributed by atoms with Crippen LogP contribution < -0.4 is 0 Å². The molecule has 4 nitrogen and oxygen atoms in total. The molecule has 0 saturated heterocycles. The molecular formula is C8H5BrN2O2. The largest absolute Gasteiger partial charge is 0.476 e. The normalized spacial score (nSPS) is 10.5. The van der Waals surface area contributed by atoms with Gasteiger partial charge in [0.05, 0.1) is 5.52 Å². The third kappa shape index (κ3) is 1.31.